The third-order valence-electron chi connectivity index (χ3n) is 3.05. The summed E-state index contributed by atoms with van der Waals surface area (Å²) in [5, 5.41) is 0. The average Bonchev–Trinajstić information content (AvgIpc) is 2.63. The van der Waals surface area contributed by atoms with E-state index in [9.17, 15) is 0 Å². The number of benzene rings is 1. The molecule has 0 N–H and O–H groups in total. The lowest BCUT2D eigenvalue weighted by Gasteiger charge is -2.11. The molecule has 3 heteroatoms. The third-order valence-corrected chi connectivity index (χ3v) is 4.02. The molecule has 124 valence electrons. The minimum Gasteiger partial charge on any atom is -0.497 e. The monoisotopic (exact) mass is 329 g/mol. The summed E-state index contributed by atoms with van der Waals surface area (Å²) in [6.07, 6.45) is 3.23. The Morgan fingerprint density at radius 1 is 1.13 bits per heavy atom. The van der Waals surface area contributed by atoms with Gasteiger partial charge in [0.15, 0.2) is 0 Å². The molecule has 0 amide bonds. The molecule has 0 aliphatic heterocycles. The number of hydrogen-bond donors (Lipinski definition) is 0. The van der Waals surface area contributed by atoms with Gasteiger partial charge in [-0.25, -0.2) is 4.98 Å². The fraction of sp³-hybridized carbons (Fsp3) is 0.350. The predicted octanol–water partition coefficient (Wildman–Crippen LogP) is 6.29. The first-order chi connectivity index (χ1) is 11.3. The maximum atomic E-state index is 5.45. The summed E-state index contributed by atoms with van der Waals surface area (Å²) in [4.78, 5) is 6.04. The van der Waals surface area contributed by atoms with Crippen LogP contribution in [0, 0.1) is 0 Å². The number of nitrogens with zero attached hydrogens (tertiary/aromatic N) is 1. The lowest BCUT2D eigenvalue weighted by molar-refractivity contribution is 0.414. The summed E-state index contributed by atoms with van der Waals surface area (Å²) in [6, 6.07) is 14.2. The topological polar surface area (TPSA) is 22.1 Å². The van der Waals surface area contributed by atoms with Gasteiger partial charge in [0.1, 0.15) is 5.75 Å². The number of methoxy groups -OCH3 is 1. The number of allylic oxidation sites excluding steroid dienone is 1. The van der Waals surface area contributed by atoms with Gasteiger partial charge in [0.05, 0.1) is 18.5 Å². The van der Waals surface area contributed by atoms with E-state index in [4.69, 9.17) is 9.72 Å². The molecule has 0 radical (unpaired) electrons. The van der Waals surface area contributed by atoms with E-state index in [0.29, 0.717) is 0 Å². The molecule has 2 rings (SSSR count). The van der Waals surface area contributed by atoms with Gasteiger partial charge in [-0.3, -0.25) is 0 Å². The van der Waals surface area contributed by atoms with Crippen LogP contribution in [0.3, 0.4) is 0 Å². The highest BCUT2D eigenvalue weighted by molar-refractivity contribution is 8.08. The number of thioether (sulfide) groups is 1. The Bertz CT molecular complexity index is 608. The fourth-order valence-corrected chi connectivity index (χ4v) is 2.93. The zero-order chi connectivity index (χ0) is 17.1. The van der Waals surface area contributed by atoms with Crippen LogP contribution >= 0.6 is 11.8 Å². The zero-order valence-electron chi connectivity index (χ0n) is 14.8. The fourth-order valence-electron chi connectivity index (χ4n) is 2.08. The molecule has 0 fully saturated rings. The van der Waals surface area contributed by atoms with Crippen LogP contribution in [0.4, 0.5) is 0 Å². The van der Waals surface area contributed by atoms with E-state index in [1.807, 2.05) is 55.9 Å². The third kappa shape index (κ3) is 5.76. The summed E-state index contributed by atoms with van der Waals surface area (Å²) in [7, 11) is 1.70. The van der Waals surface area contributed by atoms with Gasteiger partial charge in [-0.05, 0) is 12.2 Å². The number of rotatable bonds is 6. The summed E-state index contributed by atoms with van der Waals surface area (Å²) in [5.41, 5.74) is 3.04. The van der Waals surface area contributed by atoms with Crippen LogP contribution in [0.25, 0.3) is 16.2 Å². The quantitative estimate of drug-likeness (QED) is 0.622. The lowest BCUT2D eigenvalue weighted by atomic mass is 10.1. The van der Waals surface area contributed by atoms with Crippen LogP contribution in [-0.2, 0) is 0 Å². The molecule has 23 heavy (non-hydrogen) atoms. The van der Waals surface area contributed by atoms with Crippen molar-refractivity contribution in [2.45, 2.75) is 34.1 Å². The molecule has 1 heterocycles. The van der Waals surface area contributed by atoms with E-state index in [-0.39, 0.29) is 0 Å². The molecule has 0 atom stereocenters. The van der Waals surface area contributed by atoms with Crippen LogP contribution in [0.5, 0.6) is 5.75 Å². The molecular weight excluding hydrogens is 302 g/mol. The van der Waals surface area contributed by atoms with Crippen LogP contribution < -0.4 is 4.74 Å². The zero-order valence-corrected chi connectivity index (χ0v) is 15.6. The number of pyridine rings is 1. The first kappa shape index (κ1) is 19.3. The molecule has 1 aromatic heterocycles. The Labute approximate surface area is 145 Å². The molecule has 0 saturated heterocycles. The Hall–Kier alpha value is -1.74. The van der Waals surface area contributed by atoms with Crippen LogP contribution in [0.2, 0.25) is 0 Å². The van der Waals surface area contributed by atoms with Crippen molar-refractivity contribution in [1.29, 1.82) is 0 Å². The van der Waals surface area contributed by atoms with Crippen LogP contribution in [0.15, 0.2) is 48.5 Å². The second-order valence-electron chi connectivity index (χ2n) is 4.55. The minimum absolute atomic E-state index is 0.845. The molecule has 0 spiro atoms. The van der Waals surface area contributed by atoms with E-state index >= 15 is 0 Å². The highest BCUT2D eigenvalue weighted by Crippen LogP contribution is 2.31. The molecule has 0 saturated carbocycles. The Balaban J connectivity index is 0.00000127. The van der Waals surface area contributed by atoms with Crippen molar-refractivity contribution < 1.29 is 4.74 Å². The van der Waals surface area contributed by atoms with Crippen LogP contribution in [-0.4, -0.2) is 17.8 Å². The maximum absolute atomic E-state index is 5.45. The summed E-state index contributed by atoms with van der Waals surface area (Å²) in [5.74, 6) is 1.88. The Morgan fingerprint density at radius 3 is 2.39 bits per heavy atom. The standard InChI is InChI=1S/C18H21NOS.C2H6/c1-4-9-18(21-5-2)17-13-15(20-3)12-16(19-17)14-10-7-6-8-11-14;1-2/h6-13H,4-5H2,1-3H3;1-2H3/b18-9-;. The second-order valence-corrected chi connectivity index (χ2v) is 5.86. The normalized spacial score (nSPS) is 10.7. The van der Waals surface area contributed by atoms with Gasteiger partial charge in [0.25, 0.3) is 0 Å². The van der Waals surface area contributed by atoms with Gasteiger partial charge in [-0.15, -0.1) is 11.8 Å². The smallest absolute Gasteiger partial charge is 0.123 e. The van der Waals surface area contributed by atoms with Crippen molar-refractivity contribution >= 4 is 16.7 Å². The number of aromatic nitrogens is 1. The van der Waals surface area contributed by atoms with Gasteiger partial charge in [0.2, 0.25) is 0 Å². The van der Waals surface area contributed by atoms with Gasteiger partial charge in [-0.2, -0.15) is 0 Å². The average molecular weight is 330 g/mol. The van der Waals surface area contributed by atoms with E-state index < -0.39 is 0 Å². The minimum atomic E-state index is 0.845. The van der Waals surface area contributed by atoms with Gasteiger partial charge in [0, 0.05) is 22.6 Å². The number of ether oxygens (including phenoxy) is 1. The highest BCUT2D eigenvalue weighted by Gasteiger charge is 2.09. The SMILES string of the molecule is CC.CC/C=C(\SCC)c1cc(OC)cc(-c2ccccc2)n1. The Morgan fingerprint density at radius 2 is 1.83 bits per heavy atom. The second kappa shape index (κ2) is 10.9. The van der Waals surface area contributed by atoms with E-state index in [1.54, 1.807) is 7.11 Å². The predicted molar refractivity (Wildman–Crippen MR) is 104 cm³/mol. The molecule has 0 unspecified atom stereocenters. The molecule has 2 aromatic rings. The van der Waals surface area contributed by atoms with Crippen molar-refractivity contribution in [2.75, 3.05) is 12.9 Å². The van der Waals surface area contributed by atoms with Crippen LogP contribution in [0.1, 0.15) is 39.8 Å². The first-order valence-corrected chi connectivity index (χ1v) is 9.21. The Kier molecular flexibility index (Phi) is 9.15. The van der Waals surface area contributed by atoms with Gasteiger partial charge < -0.3 is 4.74 Å². The molecule has 0 aliphatic rings. The summed E-state index contributed by atoms with van der Waals surface area (Å²) < 4.78 is 5.45. The van der Waals surface area contributed by atoms with E-state index in [1.165, 1.54) is 4.91 Å². The highest BCUT2D eigenvalue weighted by atomic mass is 32.2. The largest absolute Gasteiger partial charge is 0.497 e. The van der Waals surface area contributed by atoms with Crippen molar-refractivity contribution in [1.82, 2.24) is 4.98 Å². The molecule has 2 nitrogen and oxygen atoms in total. The van der Waals surface area contributed by atoms with E-state index in [0.717, 1.165) is 34.9 Å². The lowest BCUT2D eigenvalue weighted by Crippen LogP contribution is -1.94. The van der Waals surface area contributed by atoms with Gasteiger partial charge in [-0.1, -0.05) is 64.1 Å². The maximum Gasteiger partial charge on any atom is 0.123 e. The van der Waals surface area contributed by atoms with E-state index in [2.05, 4.69) is 32.1 Å². The summed E-state index contributed by atoms with van der Waals surface area (Å²) in [6.45, 7) is 8.31. The van der Waals surface area contributed by atoms with Crippen molar-refractivity contribution in [3.63, 3.8) is 0 Å². The first-order valence-electron chi connectivity index (χ1n) is 8.23. The summed E-state index contributed by atoms with van der Waals surface area (Å²) >= 11 is 1.82. The molecule has 0 bridgehead atoms. The number of hydrogen-bond acceptors (Lipinski definition) is 3. The molecule has 0 aliphatic carbocycles. The van der Waals surface area contributed by atoms with Gasteiger partial charge >= 0.3 is 0 Å². The molecule has 1 aromatic carbocycles. The molecular formula is C20H27NOS. The van der Waals surface area contributed by atoms with Crippen molar-refractivity contribution in [3.05, 3.63) is 54.2 Å². The van der Waals surface area contributed by atoms with Crippen molar-refractivity contribution in [3.8, 4) is 17.0 Å². The van der Waals surface area contributed by atoms with Crippen molar-refractivity contribution in [2.24, 2.45) is 0 Å².